The zero-order valence-electron chi connectivity index (χ0n) is 25.8. The van der Waals surface area contributed by atoms with Crippen molar-refractivity contribution < 1.29 is 23.1 Å². The van der Waals surface area contributed by atoms with Gasteiger partial charge in [-0.2, -0.15) is 0 Å². The lowest BCUT2D eigenvalue weighted by molar-refractivity contribution is -0.123. The molecule has 234 valence electrons. The van der Waals surface area contributed by atoms with Crippen molar-refractivity contribution in [3.63, 3.8) is 0 Å². The summed E-state index contributed by atoms with van der Waals surface area (Å²) in [6, 6.07) is 15.0. The van der Waals surface area contributed by atoms with Crippen LogP contribution >= 0.6 is 0 Å². The highest BCUT2D eigenvalue weighted by Crippen LogP contribution is 2.61. The van der Waals surface area contributed by atoms with Gasteiger partial charge in [-0.15, -0.1) is 0 Å². The highest BCUT2D eigenvalue weighted by atomic mass is 16.5. The molecule has 3 aromatic carbocycles. The summed E-state index contributed by atoms with van der Waals surface area (Å²) >= 11 is 0. The summed E-state index contributed by atoms with van der Waals surface area (Å²) in [4.78, 5) is 26.7. The summed E-state index contributed by atoms with van der Waals surface area (Å²) in [7, 11) is 1.66. The summed E-state index contributed by atoms with van der Waals surface area (Å²) in [5.41, 5.74) is 13.3. The number of carbonyl (C=O) groups is 1. The molecule has 6 aromatic rings. The van der Waals surface area contributed by atoms with Gasteiger partial charge in [-0.3, -0.25) is 4.79 Å². The molecule has 5 N–H and O–H groups in total. The van der Waals surface area contributed by atoms with E-state index >= 15 is 0 Å². The summed E-state index contributed by atoms with van der Waals surface area (Å²) in [6.45, 7) is 4.03. The maximum Gasteiger partial charge on any atom is 0.249 e. The van der Waals surface area contributed by atoms with Crippen LogP contribution in [0, 0.1) is 5.92 Å². The third-order valence-corrected chi connectivity index (χ3v) is 10.2. The first-order valence-corrected chi connectivity index (χ1v) is 15.8. The first-order valence-electron chi connectivity index (χ1n) is 15.8. The van der Waals surface area contributed by atoms with Gasteiger partial charge in [-0.05, 0) is 41.7 Å². The Labute approximate surface area is 268 Å². The Morgan fingerprint density at radius 3 is 2.79 bits per heavy atom. The molecular formula is C36H30N6O5. The van der Waals surface area contributed by atoms with Gasteiger partial charge in [0.25, 0.3) is 0 Å². The van der Waals surface area contributed by atoms with E-state index in [1.807, 2.05) is 38.2 Å². The molecule has 0 aliphatic carbocycles. The molecule has 10 rings (SSSR count). The Hall–Kier alpha value is -5.55. The molecule has 1 amide bonds. The summed E-state index contributed by atoms with van der Waals surface area (Å²) in [5, 5.41) is 7.84. The average Bonchev–Trinajstić information content (AvgIpc) is 3.88. The van der Waals surface area contributed by atoms with Crippen LogP contribution < -0.4 is 25.8 Å². The van der Waals surface area contributed by atoms with Gasteiger partial charge in [0.05, 0.1) is 24.9 Å². The summed E-state index contributed by atoms with van der Waals surface area (Å²) in [6.07, 6.45) is 3.40. The molecule has 11 heteroatoms. The lowest BCUT2D eigenvalue weighted by Crippen LogP contribution is -2.45. The van der Waals surface area contributed by atoms with Gasteiger partial charge in [0.2, 0.25) is 17.7 Å². The molecule has 4 aliphatic heterocycles. The van der Waals surface area contributed by atoms with Crippen molar-refractivity contribution in [3.05, 3.63) is 89.3 Å². The average molecular weight is 627 g/mol. The monoisotopic (exact) mass is 626 g/mol. The van der Waals surface area contributed by atoms with Gasteiger partial charge < -0.3 is 39.7 Å². The van der Waals surface area contributed by atoms with E-state index in [-0.39, 0.29) is 11.8 Å². The third kappa shape index (κ3) is 3.31. The molecule has 1 spiro atoms. The van der Waals surface area contributed by atoms with Crippen LogP contribution in [0.4, 0.5) is 5.69 Å². The summed E-state index contributed by atoms with van der Waals surface area (Å²) in [5.74, 6) is 2.83. The fourth-order valence-electron chi connectivity index (χ4n) is 7.97. The smallest absolute Gasteiger partial charge is 0.249 e. The molecule has 47 heavy (non-hydrogen) atoms. The predicted molar refractivity (Wildman–Crippen MR) is 173 cm³/mol. The van der Waals surface area contributed by atoms with E-state index in [0.29, 0.717) is 41.2 Å². The number of ether oxygens (including phenoxy) is 2. The van der Waals surface area contributed by atoms with Gasteiger partial charge in [0.1, 0.15) is 23.0 Å². The lowest BCUT2D eigenvalue weighted by Gasteiger charge is -2.28. The molecule has 4 atom stereocenters. The Morgan fingerprint density at radius 2 is 1.94 bits per heavy atom. The standard InChI is InChI=1S/C36H30N6O5/c1-15(2)27-34-41-30-31(47-34)36-20-6-4-5-18(17-8-10-24(44-3)29-26(17)19(13-38-29)25-14-39-33(30)45-25)28(20)42-35(36)46-23-9-7-16(11-21(23)36)12-22(37)32(43)40-27/h4-11,13-15,22,27,35,38,42H,12,37H2,1-3H3,(H,40,43)/t22?,27-,35-,36?/m0/s1. The largest absolute Gasteiger partial charge is 0.495 e. The van der Waals surface area contributed by atoms with Gasteiger partial charge in [-0.1, -0.05) is 44.2 Å². The number of amides is 1. The van der Waals surface area contributed by atoms with E-state index in [2.05, 4.69) is 45.9 Å². The normalized spacial score (nSPS) is 23.0. The number of oxazole rings is 2. The highest BCUT2D eigenvalue weighted by molar-refractivity contribution is 6.09. The molecule has 0 fully saturated rings. The van der Waals surface area contributed by atoms with E-state index < -0.39 is 23.7 Å². The number of rotatable bonds is 2. The quantitative estimate of drug-likeness (QED) is 0.191. The minimum atomic E-state index is -0.980. The molecule has 11 nitrogen and oxygen atoms in total. The number of para-hydroxylation sites is 1. The van der Waals surface area contributed by atoms with Crippen LogP contribution in [0.5, 0.6) is 11.5 Å². The van der Waals surface area contributed by atoms with Crippen LogP contribution in [0.25, 0.3) is 44.9 Å². The number of nitrogens with zero attached hydrogens (tertiary/aromatic N) is 2. The van der Waals surface area contributed by atoms with Crippen LogP contribution in [0.15, 0.2) is 69.8 Å². The zero-order valence-corrected chi connectivity index (χ0v) is 25.8. The van der Waals surface area contributed by atoms with Gasteiger partial charge in [0.15, 0.2) is 23.4 Å². The number of hydrogen-bond acceptors (Lipinski definition) is 9. The molecule has 0 saturated carbocycles. The first-order chi connectivity index (χ1) is 22.9. The number of nitrogens with two attached hydrogens (primary N) is 1. The number of nitrogens with one attached hydrogen (secondary N) is 3. The Morgan fingerprint density at radius 1 is 1.04 bits per heavy atom. The number of benzene rings is 3. The maximum absolute atomic E-state index is 13.4. The summed E-state index contributed by atoms with van der Waals surface area (Å²) < 4.78 is 26.1. The van der Waals surface area contributed by atoms with Crippen molar-refractivity contribution in [2.75, 3.05) is 12.4 Å². The minimum absolute atomic E-state index is 0.0598. The molecule has 4 aliphatic rings. The number of hydrogen-bond donors (Lipinski definition) is 4. The number of aromatic amines is 1. The van der Waals surface area contributed by atoms with Crippen LogP contribution in [0.2, 0.25) is 0 Å². The lowest BCUT2D eigenvalue weighted by atomic mass is 9.72. The first kappa shape index (κ1) is 26.6. The maximum atomic E-state index is 13.4. The van der Waals surface area contributed by atoms with Gasteiger partial charge >= 0.3 is 0 Å². The van der Waals surface area contributed by atoms with E-state index in [1.165, 1.54) is 0 Å². The number of carbonyl (C=O) groups excluding carboxylic acids is 1. The van der Waals surface area contributed by atoms with Crippen molar-refractivity contribution in [1.82, 2.24) is 20.3 Å². The van der Waals surface area contributed by atoms with Crippen LogP contribution in [0.1, 0.15) is 48.2 Å². The Balaban J connectivity index is 1.38. The van der Waals surface area contributed by atoms with Crippen LogP contribution in [0.3, 0.4) is 0 Å². The van der Waals surface area contributed by atoms with Gasteiger partial charge in [-0.25, -0.2) is 9.97 Å². The van der Waals surface area contributed by atoms with Crippen molar-refractivity contribution in [2.24, 2.45) is 11.7 Å². The fourth-order valence-corrected chi connectivity index (χ4v) is 7.97. The zero-order chi connectivity index (χ0) is 31.8. The van der Waals surface area contributed by atoms with Crippen LogP contribution in [-0.4, -0.2) is 40.2 Å². The van der Waals surface area contributed by atoms with Crippen molar-refractivity contribution >= 4 is 22.5 Å². The molecule has 3 aromatic heterocycles. The van der Waals surface area contributed by atoms with Crippen molar-refractivity contribution in [1.29, 1.82) is 0 Å². The second-order valence-corrected chi connectivity index (χ2v) is 13.1. The fraction of sp³-hybridized carbons (Fsp3) is 0.250. The molecule has 0 radical (unpaired) electrons. The van der Waals surface area contributed by atoms with E-state index in [0.717, 1.165) is 55.7 Å². The van der Waals surface area contributed by atoms with E-state index in [9.17, 15) is 4.79 Å². The number of aromatic nitrogens is 3. The number of methoxy groups -OCH3 is 1. The van der Waals surface area contributed by atoms with E-state index in [1.54, 1.807) is 13.3 Å². The van der Waals surface area contributed by atoms with Crippen LogP contribution in [-0.2, 0) is 16.6 Å². The number of fused-ring (bicyclic) bond motifs is 7. The topological polar surface area (TPSA) is 153 Å². The predicted octanol–water partition coefficient (Wildman–Crippen LogP) is 5.64. The molecular weight excluding hydrogens is 596 g/mol. The third-order valence-electron chi connectivity index (χ3n) is 10.2. The SMILES string of the molecule is COc1ccc2c3c(c[nH]c13)-c1cnc(o1)-c1nc3oc1C14c5cc(ccc5O[C@@H]1Nc1c-2cccc14)CC(N)C(=O)N[C@H]3C(C)C. The molecule has 0 saturated heterocycles. The second-order valence-electron chi connectivity index (χ2n) is 13.1. The Bertz CT molecular complexity index is 2320. The van der Waals surface area contributed by atoms with Crippen molar-refractivity contribution in [2.45, 2.75) is 44.0 Å². The van der Waals surface area contributed by atoms with Crippen molar-refractivity contribution in [3.8, 4) is 45.5 Å². The Kier molecular flexibility index (Phi) is 5.13. The van der Waals surface area contributed by atoms with Gasteiger partial charge in [0, 0.05) is 39.5 Å². The molecule has 7 heterocycles. The number of H-pyrrole nitrogens is 1. The molecule has 10 bridgehead atoms. The van der Waals surface area contributed by atoms with E-state index in [4.69, 9.17) is 34.0 Å². The highest BCUT2D eigenvalue weighted by Gasteiger charge is 2.61. The second kappa shape index (κ2) is 9.04. The minimum Gasteiger partial charge on any atom is -0.495 e. The molecule has 2 unspecified atom stereocenters. The number of anilines is 1.